The lowest BCUT2D eigenvalue weighted by atomic mass is 9.87. The SMILES string of the molecule is CNc1ccc(C2(C(=O)c3cccnc3)CC2)cc1N. The number of hydrogen-bond donors (Lipinski definition) is 2. The van der Waals surface area contributed by atoms with Gasteiger partial charge in [0, 0.05) is 25.0 Å². The highest BCUT2D eigenvalue weighted by Gasteiger charge is 2.51. The third-order valence-corrected chi connectivity index (χ3v) is 3.98. The number of pyridine rings is 1. The van der Waals surface area contributed by atoms with Crippen molar-refractivity contribution in [1.29, 1.82) is 0 Å². The lowest BCUT2D eigenvalue weighted by Crippen LogP contribution is -2.21. The van der Waals surface area contributed by atoms with Gasteiger partial charge in [0.2, 0.25) is 0 Å². The van der Waals surface area contributed by atoms with Crippen LogP contribution in [0.4, 0.5) is 11.4 Å². The van der Waals surface area contributed by atoms with Gasteiger partial charge in [0.05, 0.1) is 16.8 Å². The third-order valence-electron chi connectivity index (χ3n) is 3.98. The lowest BCUT2D eigenvalue weighted by Gasteiger charge is -2.16. The van der Waals surface area contributed by atoms with E-state index in [9.17, 15) is 4.79 Å². The zero-order chi connectivity index (χ0) is 14.2. The van der Waals surface area contributed by atoms with Crippen LogP contribution in [0.2, 0.25) is 0 Å². The molecule has 0 bridgehead atoms. The highest BCUT2D eigenvalue weighted by molar-refractivity contribution is 6.06. The number of anilines is 2. The second-order valence-electron chi connectivity index (χ2n) is 5.20. The monoisotopic (exact) mass is 267 g/mol. The van der Waals surface area contributed by atoms with Crippen LogP contribution in [-0.2, 0) is 5.41 Å². The van der Waals surface area contributed by atoms with Crippen molar-refractivity contribution in [2.75, 3.05) is 18.1 Å². The fraction of sp³-hybridized carbons (Fsp3) is 0.250. The summed E-state index contributed by atoms with van der Waals surface area (Å²) in [7, 11) is 1.83. The average molecular weight is 267 g/mol. The number of ketones is 1. The number of nitrogens with one attached hydrogen (secondary N) is 1. The second-order valence-corrected chi connectivity index (χ2v) is 5.20. The van der Waals surface area contributed by atoms with Crippen LogP contribution in [0, 0.1) is 0 Å². The summed E-state index contributed by atoms with van der Waals surface area (Å²) in [5.41, 5.74) is 8.84. The zero-order valence-corrected chi connectivity index (χ0v) is 11.4. The molecule has 1 aliphatic carbocycles. The van der Waals surface area contributed by atoms with E-state index in [1.54, 1.807) is 18.5 Å². The Balaban J connectivity index is 1.97. The fourth-order valence-electron chi connectivity index (χ4n) is 2.63. The number of benzene rings is 1. The number of aromatic nitrogens is 1. The molecule has 3 N–H and O–H groups in total. The normalized spacial score (nSPS) is 15.7. The van der Waals surface area contributed by atoms with Gasteiger partial charge in [0.1, 0.15) is 0 Å². The minimum Gasteiger partial charge on any atom is -0.397 e. The van der Waals surface area contributed by atoms with Gasteiger partial charge in [0.15, 0.2) is 5.78 Å². The van der Waals surface area contributed by atoms with E-state index >= 15 is 0 Å². The average Bonchev–Trinajstić information content (AvgIpc) is 3.29. The maximum absolute atomic E-state index is 12.7. The molecule has 0 spiro atoms. The third kappa shape index (κ3) is 1.93. The number of rotatable bonds is 4. The summed E-state index contributed by atoms with van der Waals surface area (Å²) in [6.07, 6.45) is 5.06. The van der Waals surface area contributed by atoms with Crippen molar-refractivity contribution in [3.8, 4) is 0 Å². The molecule has 20 heavy (non-hydrogen) atoms. The van der Waals surface area contributed by atoms with E-state index in [4.69, 9.17) is 5.73 Å². The molecule has 0 atom stereocenters. The van der Waals surface area contributed by atoms with Crippen molar-refractivity contribution in [2.24, 2.45) is 0 Å². The quantitative estimate of drug-likeness (QED) is 0.660. The van der Waals surface area contributed by atoms with Gasteiger partial charge in [0.25, 0.3) is 0 Å². The van der Waals surface area contributed by atoms with Crippen LogP contribution < -0.4 is 11.1 Å². The van der Waals surface area contributed by atoms with Crippen LogP contribution in [0.15, 0.2) is 42.7 Å². The van der Waals surface area contributed by atoms with Gasteiger partial charge in [-0.25, -0.2) is 0 Å². The molecule has 0 aliphatic heterocycles. The Morgan fingerprint density at radius 1 is 1.35 bits per heavy atom. The van der Waals surface area contributed by atoms with Crippen LogP contribution in [-0.4, -0.2) is 17.8 Å². The summed E-state index contributed by atoms with van der Waals surface area (Å²) < 4.78 is 0. The maximum atomic E-state index is 12.7. The number of nitrogen functional groups attached to an aromatic ring is 1. The first-order valence-electron chi connectivity index (χ1n) is 6.70. The molecular weight excluding hydrogens is 250 g/mol. The Bertz CT molecular complexity index is 648. The molecule has 1 saturated carbocycles. The van der Waals surface area contributed by atoms with Gasteiger partial charge in [-0.1, -0.05) is 6.07 Å². The second kappa shape index (κ2) is 4.63. The van der Waals surface area contributed by atoms with E-state index < -0.39 is 5.41 Å². The molecule has 1 aromatic heterocycles. The summed E-state index contributed by atoms with van der Waals surface area (Å²) in [4.78, 5) is 16.7. The Morgan fingerprint density at radius 3 is 2.70 bits per heavy atom. The maximum Gasteiger partial charge on any atom is 0.174 e. The largest absolute Gasteiger partial charge is 0.397 e. The Hall–Kier alpha value is -2.36. The highest BCUT2D eigenvalue weighted by Crippen LogP contribution is 2.51. The molecule has 1 heterocycles. The van der Waals surface area contributed by atoms with Crippen LogP contribution >= 0.6 is 0 Å². The number of nitrogens with two attached hydrogens (primary N) is 1. The standard InChI is InChI=1S/C16H17N3O/c1-18-14-5-4-12(9-13(14)17)16(6-7-16)15(20)11-3-2-8-19-10-11/h2-5,8-10,18H,6-7,17H2,1H3. The zero-order valence-electron chi connectivity index (χ0n) is 11.4. The minimum absolute atomic E-state index is 0.141. The first-order valence-corrected chi connectivity index (χ1v) is 6.70. The fourth-order valence-corrected chi connectivity index (χ4v) is 2.63. The summed E-state index contributed by atoms with van der Waals surface area (Å²) in [5.74, 6) is 0.141. The topological polar surface area (TPSA) is 68.0 Å². The van der Waals surface area contributed by atoms with Gasteiger partial charge in [-0.15, -0.1) is 0 Å². The lowest BCUT2D eigenvalue weighted by molar-refractivity contribution is 0.0946. The van der Waals surface area contributed by atoms with Gasteiger partial charge in [-0.05, 0) is 42.7 Å². The van der Waals surface area contributed by atoms with Gasteiger partial charge < -0.3 is 11.1 Å². The van der Waals surface area contributed by atoms with E-state index in [2.05, 4.69) is 10.3 Å². The molecule has 1 fully saturated rings. The van der Waals surface area contributed by atoms with Crippen molar-refractivity contribution in [1.82, 2.24) is 4.98 Å². The molecule has 0 amide bonds. The molecule has 102 valence electrons. The van der Waals surface area contributed by atoms with Crippen LogP contribution in [0.3, 0.4) is 0 Å². The van der Waals surface area contributed by atoms with Crippen molar-refractivity contribution >= 4 is 17.2 Å². The molecule has 0 unspecified atom stereocenters. The van der Waals surface area contributed by atoms with Crippen molar-refractivity contribution < 1.29 is 4.79 Å². The molecule has 4 nitrogen and oxygen atoms in total. The molecular formula is C16H17N3O. The van der Waals surface area contributed by atoms with E-state index in [1.165, 1.54) is 0 Å². The molecule has 4 heteroatoms. The molecule has 0 saturated heterocycles. The number of nitrogens with zero attached hydrogens (tertiary/aromatic N) is 1. The Morgan fingerprint density at radius 2 is 2.15 bits per heavy atom. The number of carbonyl (C=O) groups is 1. The van der Waals surface area contributed by atoms with E-state index in [1.807, 2.05) is 31.3 Å². The van der Waals surface area contributed by atoms with Crippen molar-refractivity contribution in [3.05, 3.63) is 53.9 Å². The van der Waals surface area contributed by atoms with Crippen molar-refractivity contribution in [3.63, 3.8) is 0 Å². The van der Waals surface area contributed by atoms with E-state index in [0.717, 1.165) is 24.1 Å². The summed E-state index contributed by atoms with van der Waals surface area (Å²) >= 11 is 0. The van der Waals surface area contributed by atoms with Crippen LogP contribution in [0.5, 0.6) is 0 Å². The van der Waals surface area contributed by atoms with Crippen LogP contribution in [0.25, 0.3) is 0 Å². The van der Waals surface area contributed by atoms with E-state index in [-0.39, 0.29) is 5.78 Å². The van der Waals surface area contributed by atoms with Crippen LogP contribution in [0.1, 0.15) is 28.8 Å². The van der Waals surface area contributed by atoms with Gasteiger partial charge in [-0.3, -0.25) is 9.78 Å². The highest BCUT2D eigenvalue weighted by atomic mass is 16.1. The molecule has 3 rings (SSSR count). The Labute approximate surface area is 118 Å². The van der Waals surface area contributed by atoms with E-state index in [0.29, 0.717) is 11.3 Å². The summed E-state index contributed by atoms with van der Waals surface area (Å²) in [6.45, 7) is 0. The minimum atomic E-state index is -0.399. The van der Waals surface area contributed by atoms with Crippen molar-refractivity contribution in [2.45, 2.75) is 18.3 Å². The number of Topliss-reactive ketones (excluding diaryl/α,β-unsaturated/α-hetero) is 1. The molecule has 0 radical (unpaired) electrons. The molecule has 2 aromatic rings. The predicted molar refractivity (Wildman–Crippen MR) is 79.9 cm³/mol. The molecule has 1 aliphatic rings. The van der Waals surface area contributed by atoms with Gasteiger partial charge in [-0.2, -0.15) is 0 Å². The predicted octanol–water partition coefficient (Wildman–Crippen LogP) is 2.62. The Kier molecular flexibility index (Phi) is 2.93. The first-order chi connectivity index (χ1) is 9.67. The summed E-state index contributed by atoms with van der Waals surface area (Å²) in [5, 5.41) is 3.04. The smallest absolute Gasteiger partial charge is 0.174 e. The number of hydrogen-bond acceptors (Lipinski definition) is 4. The number of carbonyl (C=O) groups excluding carboxylic acids is 1. The summed E-state index contributed by atoms with van der Waals surface area (Å²) in [6, 6.07) is 9.44. The molecule has 1 aromatic carbocycles. The first kappa shape index (κ1) is 12.7. The van der Waals surface area contributed by atoms with Gasteiger partial charge >= 0.3 is 0 Å².